The van der Waals surface area contributed by atoms with Crippen molar-refractivity contribution in [2.45, 2.75) is 0 Å². The number of benzene rings is 2. The zero-order valence-electron chi connectivity index (χ0n) is 12.3. The van der Waals surface area contributed by atoms with E-state index in [2.05, 4.69) is 5.32 Å². The van der Waals surface area contributed by atoms with E-state index < -0.39 is 0 Å². The van der Waals surface area contributed by atoms with Crippen molar-refractivity contribution in [2.24, 2.45) is 5.73 Å². The second-order valence-electron chi connectivity index (χ2n) is 5.04. The summed E-state index contributed by atoms with van der Waals surface area (Å²) in [7, 11) is 0. The Morgan fingerprint density at radius 2 is 1.61 bits per heavy atom. The summed E-state index contributed by atoms with van der Waals surface area (Å²) in [5, 5.41) is 2.89. The normalized spacial score (nSPS) is 10.3. The van der Waals surface area contributed by atoms with E-state index in [0.29, 0.717) is 10.6 Å². The maximum atomic E-state index is 12.3. The van der Waals surface area contributed by atoms with Crippen LogP contribution < -0.4 is 11.1 Å². The Morgan fingerprint density at radius 3 is 2.26 bits per heavy atom. The number of aromatic nitrogens is 1. The molecule has 0 fully saturated rings. The number of nitrogens with one attached hydrogen (secondary N) is 1. The molecule has 4 nitrogen and oxygen atoms in total. The predicted molar refractivity (Wildman–Crippen MR) is 96.1 cm³/mol. The van der Waals surface area contributed by atoms with Gasteiger partial charge in [-0.05, 0) is 42.5 Å². The molecule has 114 valence electrons. The van der Waals surface area contributed by atoms with Gasteiger partial charge in [0.05, 0.1) is 0 Å². The summed E-state index contributed by atoms with van der Waals surface area (Å²) in [6, 6.07) is 18.5. The van der Waals surface area contributed by atoms with Gasteiger partial charge in [-0.15, -0.1) is 0 Å². The Morgan fingerprint density at radius 1 is 0.957 bits per heavy atom. The van der Waals surface area contributed by atoms with Crippen LogP contribution in [0.15, 0.2) is 73.1 Å². The number of carbonyl (C=O) groups is 1. The highest BCUT2D eigenvalue weighted by Gasteiger charge is 2.07. The molecule has 2 aromatic carbocycles. The van der Waals surface area contributed by atoms with Crippen LogP contribution in [0.4, 0.5) is 5.69 Å². The summed E-state index contributed by atoms with van der Waals surface area (Å²) >= 11 is 4.90. The van der Waals surface area contributed by atoms with Gasteiger partial charge in [0.15, 0.2) is 0 Å². The van der Waals surface area contributed by atoms with Gasteiger partial charge in [0.25, 0.3) is 5.91 Å². The van der Waals surface area contributed by atoms with Gasteiger partial charge in [0, 0.05) is 34.9 Å². The fourth-order valence-corrected chi connectivity index (χ4v) is 2.38. The molecule has 23 heavy (non-hydrogen) atoms. The lowest BCUT2D eigenvalue weighted by atomic mass is 10.1. The Hall–Kier alpha value is -2.92. The quantitative estimate of drug-likeness (QED) is 0.724. The van der Waals surface area contributed by atoms with Gasteiger partial charge in [-0.1, -0.05) is 30.4 Å². The lowest BCUT2D eigenvalue weighted by molar-refractivity contribution is 0.102. The first-order valence-electron chi connectivity index (χ1n) is 7.08. The number of hydrogen-bond donors (Lipinski definition) is 2. The Kier molecular flexibility index (Phi) is 4.21. The Balaban J connectivity index is 1.77. The van der Waals surface area contributed by atoms with Crippen LogP contribution in [0.1, 0.15) is 15.9 Å². The summed E-state index contributed by atoms with van der Waals surface area (Å²) in [5.41, 5.74) is 8.57. The second kappa shape index (κ2) is 6.46. The van der Waals surface area contributed by atoms with Gasteiger partial charge in [0.2, 0.25) is 0 Å². The molecule has 3 rings (SSSR count). The number of amides is 1. The van der Waals surface area contributed by atoms with Crippen LogP contribution in [0.25, 0.3) is 5.69 Å². The molecule has 0 saturated carbocycles. The third-order valence-electron chi connectivity index (χ3n) is 3.44. The standard InChI is InChI=1S/C18H15N3OS/c19-17(23)13-6-8-14(9-7-13)18(22)20-15-4-3-5-16(12-15)21-10-1-2-11-21/h1-12H,(H2,19,23)(H,20,22). The Bertz CT molecular complexity index is 839. The minimum atomic E-state index is -0.177. The fraction of sp³-hybridized carbons (Fsp3) is 0. The summed E-state index contributed by atoms with van der Waals surface area (Å²) in [6.07, 6.45) is 3.91. The smallest absolute Gasteiger partial charge is 0.255 e. The molecule has 0 aliphatic rings. The highest BCUT2D eigenvalue weighted by atomic mass is 32.1. The van der Waals surface area contributed by atoms with Crippen LogP contribution in [0.3, 0.4) is 0 Å². The van der Waals surface area contributed by atoms with E-state index in [9.17, 15) is 4.79 Å². The van der Waals surface area contributed by atoms with Crippen LogP contribution >= 0.6 is 12.2 Å². The minimum absolute atomic E-state index is 0.177. The number of nitrogens with zero attached hydrogens (tertiary/aromatic N) is 1. The van der Waals surface area contributed by atoms with Crippen LogP contribution in [0.5, 0.6) is 0 Å². The molecule has 1 aromatic heterocycles. The molecule has 0 aliphatic heterocycles. The molecule has 1 amide bonds. The molecule has 3 N–H and O–H groups in total. The number of hydrogen-bond acceptors (Lipinski definition) is 2. The van der Waals surface area contributed by atoms with E-state index >= 15 is 0 Å². The first-order chi connectivity index (χ1) is 11.1. The molecule has 0 radical (unpaired) electrons. The maximum absolute atomic E-state index is 12.3. The lowest BCUT2D eigenvalue weighted by Gasteiger charge is -2.09. The van der Waals surface area contributed by atoms with Crippen molar-refractivity contribution in [2.75, 3.05) is 5.32 Å². The zero-order valence-corrected chi connectivity index (χ0v) is 13.1. The molecule has 0 spiro atoms. The van der Waals surface area contributed by atoms with Gasteiger partial charge in [-0.2, -0.15) is 0 Å². The van der Waals surface area contributed by atoms with Crippen molar-refractivity contribution in [3.8, 4) is 5.69 Å². The largest absolute Gasteiger partial charge is 0.389 e. The molecule has 0 aliphatic carbocycles. The molecule has 3 aromatic rings. The van der Waals surface area contributed by atoms with Gasteiger partial charge >= 0.3 is 0 Å². The van der Waals surface area contributed by atoms with Crippen molar-refractivity contribution in [1.82, 2.24) is 4.57 Å². The van der Waals surface area contributed by atoms with Crippen molar-refractivity contribution < 1.29 is 4.79 Å². The van der Waals surface area contributed by atoms with Crippen LogP contribution in [-0.2, 0) is 0 Å². The average molecular weight is 321 g/mol. The topological polar surface area (TPSA) is 60.1 Å². The first-order valence-corrected chi connectivity index (χ1v) is 7.49. The van der Waals surface area contributed by atoms with Crippen LogP contribution in [-0.4, -0.2) is 15.5 Å². The molecule has 0 unspecified atom stereocenters. The Labute approximate surface area is 139 Å². The third-order valence-corrected chi connectivity index (χ3v) is 3.67. The van der Waals surface area contributed by atoms with Crippen LogP contribution in [0, 0.1) is 0 Å². The summed E-state index contributed by atoms with van der Waals surface area (Å²) in [4.78, 5) is 12.6. The van der Waals surface area contributed by atoms with E-state index in [1.165, 1.54) is 0 Å². The van der Waals surface area contributed by atoms with Gasteiger partial charge in [-0.25, -0.2) is 0 Å². The van der Waals surface area contributed by atoms with E-state index in [1.54, 1.807) is 24.3 Å². The molecule has 1 heterocycles. The number of carbonyl (C=O) groups excluding carboxylic acids is 1. The van der Waals surface area contributed by atoms with Crippen molar-refractivity contribution in [3.63, 3.8) is 0 Å². The third kappa shape index (κ3) is 3.46. The molecule has 5 heteroatoms. The predicted octanol–water partition coefficient (Wildman–Crippen LogP) is 3.36. The first kappa shape index (κ1) is 15.0. The highest BCUT2D eigenvalue weighted by Crippen LogP contribution is 2.16. The minimum Gasteiger partial charge on any atom is -0.389 e. The van der Waals surface area contributed by atoms with Crippen molar-refractivity contribution in [3.05, 3.63) is 84.2 Å². The van der Waals surface area contributed by atoms with E-state index in [0.717, 1.165) is 16.9 Å². The van der Waals surface area contributed by atoms with Gasteiger partial charge in [0.1, 0.15) is 4.99 Å². The van der Waals surface area contributed by atoms with Crippen molar-refractivity contribution >= 4 is 28.8 Å². The molecular formula is C18H15N3OS. The van der Waals surface area contributed by atoms with E-state index in [4.69, 9.17) is 18.0 Å². The van der Waals surface area contributed by atoms with E-state index in [1.807, 2.05) is 53.4 Å². The average Bonchev–Trinajstić information content (AvgIpc) is 3.10. The number of nitrogens with two attached hydrogens (primary N) is 1. The van der Waals surface area contributed by atoms with Gasteiger partial charge < -0.3 is 15.6 Å². The van der Waals surface area contributed by atoms with Crippen LogP contribution in [0.2, 0.25) is 0 Å². The maximum Gasteiger partial charge on any atom is 0.255 e. The SMILES string of the molecule is NC(=S)c1ccc(C(=O)Nc2cccc(-n3cccc3)c2)cc1. The lowest BCUT2D eigenvalue weighted by Crippen LogP contribution is -2.13. The number of anilines is 1. The molecular weight excluding hydrogens is 306 g/mol. The fourth-order valence-electron chi connectivity index (χ4n) is 2.24. The molecule has 0 bridgehead atoms. The summed E-state index contributed by atoms with van der Waals surface area (Å²) in [5.74, 6) is -0.177. The van der Waals surface area contributed by atoms with Crippen molar-refractivity contribution in [1.29, 1.82) is 0 Å². The zero-order chi connectivity index (χ0) is 16.2. The molecule has 0 atom stereocenters. The number of thiocarbonyl (C=S) groups is 1. The number of rotatable bonds is 4. The van der Waals surface area contributed by atoms with Gasteiger partial charge in [-0.3, -0.25) is 4.79 Å². The summed E-state index contributed by atoms with van der Waals surface area (Å²) in [6.45, 7) is 0. The summed E-state index contributed by atoms with van der Waals surface area (Å²) < 4.78 is 1.98. The highest BCUT2D eigenvalue weighted by molar-refractivity contribution is 7.80. The monoisotopic (exact) mass is 321 g/mol. The van der Waals surface area contributed by atoms with E-state index in [-0.39, 0.29) is 5.91 Å². The second-order valence-corrected chi connectivity index (χ2v) is 5.48. The molecule has 0 saturated heterocycles.